The van der Waals surface area contributed by atoms with Crippen LogP contribution in [0.5, 0.6) is 0 Å². The second-order valence-corrected chi connectivity index (χ2v) is 5.28. The highest BCUT2D eigenvalue weighted by molar-refractivity contribution is 4.81. The smallest absolute Gasteiger partial charge is 0.0698 e. The summed E-state index contributed by atoms with van der Waals surface area (Å²) in [7, 11) is 2.19. The first-order chi connectivity index (χ1) is 8.77. The molecule has 4 heteroatoms. The highest BCUT2D eigenvalue weighted by Gasteiger charge is 2.23. The molecule has 4 nitrogen and oxygen atoms in total. The summed E-state index contributed by atoms with van der Waals surface area (Å²) in [4.78, 5) is 2.41. The minimum atomic E-state index is 0.123. The van der Waals surface area contributed by atoms with Crippen LogP contribution in [0.4, 0.5) is 0 Å². The van der Waals surface area contributed by atoms with Crippen LogP contribution >= 0.6 is 0 Å². The average molecular weight is 258 g/mol. The predicted molar refractivity (Wildman–Crippen MR) is 74.9 cm³/mol. The largest absolute Gasteiger partial charge is 0.394 e. The van der Waals surface area contributed by atoms with E-state index in [-0.39, 0.29) is 6.61 Å². The van der Waals surface area contributed by atoms with Crippen LogP contribution in [0, 0.1) is 0 Å². The van der Waals surface area contributed by atoms with Crippen LogP contribution < -0.4 is 5.32 Å². The highest BCUT2D eigenvalue weighted by atomic mass is 16.5. The summed E-state index contributed by atoms with van der Waals surface area (Å²) in [6, 6.07) is 1.45. The van der Waals surface area contributed by atoms with Gasteiger partial charge in [0.2, 0.25) is 0 Å². The molecule has 108 valence electrons. The molecule has 0 heterocycles. The molecule has 2 N–H and O–H groups in total. The maximum atomic E-state index is 8.63. The minimum absolute atomic E-state index is 0.123. The summed E-state index contributed by atoms with van der Waals surface area (Å²) in [5, 5.41) is 12.3. The molecule has 18 heavy (non-hydrogen) atoms. The van der Waals surface area contributed by atoms with Gasteiger partial charge in [-0.3, -0.25) is 0 Å². The van der Waals surface area contributed by atoms with E-state index in [0.717, 1.165) is 25.7 Å². The number of aliphatic hydroxyl groups is 1. The van der Waals surface area contributed by atoms with Crippen molar-refractivity contribution in [3.8, 4) is 0 Å². The molecule has 0 spiro atoms. The van der Waals surface area contributed by atoms with Crippen LogP contribution in [-0.2, 0) is 4.74 Å². The average Bonchev–Trinajstić information content (AvgIpc) is 2.41. The molecule has 1 rings (SSSR count). The van der Waals surface area contributed by atoms with Crippen molar-refractivity contribution in [3.05, 3.63) is 0 Å². The first-order valence-electron chi connectivity index (χ1n) is 7.40. The Balaban J connectivity index is 2.09. The maximum absolute atomic E-state index is 8.63. The van der Waals surface area contributed by atoms with Crippen molar-refractivity contribution in [2.24, 2.45) is 0 Å². The van der Waals surface area contributed by atoms with E-state index in [1.165, 1.54) is 32.1 Å². The lowest BCUT2D eigenvalue weighted by molar-refractivity contribution is 0.0641. The van der Waals surface area contributed by atoms with Crippen molar-refractivity contribution in [2.75, 3.05) is 40.0 Å². The Hall–Kier alpha value is -0.160. The van der Waals surface area contributed by atoms with Crippen LogP contribution in [0.1, 0.15) is 39.0 Å². The fourth-order valence-corrected chi connectivity index (χ4v) is 2.63. The van der Waals surface area contributed by atoms with E-state index in [2.05, 4.69) is 24.2 Å². The molecule has 0 aliphatic heterocycles. The van der Waals surface area contributed by atoms with Gasteiger partial charge in [-0.15, -0.1) is 0 Å². The van der Waals surface area contributed by atoms with Crippen LogP contribution in [0.15, 0.2) is 0 Å². The standard InChI is InChI=1S/C14H30N2O2/c1-3-8-15-13-4-6-14(7-5-13)16(2)9-11-18-12-10-17/h13-15,17H,3-12H2,1-2H3. The Morgan fingerprint density at radius 1 is 1.22 bits per heavy atom. The summed E-state index contributed by atoms with van der Waals surface area (Å²) < 4.78 is 5.31. The van der Waals surface area contributed by atoms with E-state index in [1.54, 1.807) is 0 Å². The second kappa shape index (κ2) is 9.73. The Bertz CT molecular complexity index is 194. The maximum Gasteiger partial charge on any atom is 0.0698 e. The topological polar surface area (TPSA) is 44.7 Å². The molecule has 0 aromatic carbocycles. The zero-order valence-corrected chi connectivity index (χ0v) is 12.0. The van der Waals surface area contributed by atoms with E-state index >= 15 is 0 Å². The fourth-order valence-electron chi connectivity index (χ4n) is 2.63. The number of nitrogens with zero attached hydrogens (tertiary/aromatic N) is 1. The molecular weight excluding hydrogens is 228 g/mol. The first kappa shape index (κ1) is 15.9. The molecule has 0 unspecified atom stereocenters. The molecule has 0 radical (unpaired) electrons. The molecule has 0 saturated heterocycles. The summed E-state index contributed by atoms with van der Waals surface area (Å²) in [5.41, 5.74) is 0. The fraction of sp³-hybridized carbons (Fsp3) is 1.00. The lowest BCUT2D eigenvalue weighted by Crippen LogP contribution is -2.42. The lowest BCUT2D eigenvalue weighted by atomic mass is 9.90. The molecule has 1 aliphatic carbocycles. The van der Waals surface area contributed by atoms with Gasteiger partial charge in [0.1, 0.15) is 0 Å². The van der Waals surface area contributed by atoms with Gasteiger partial charge in [0, 0.05) is 18.6 Å². The van der Waals surface area contributed by atoms with Gasteiger partial charge in [0.15, 0.2) is 0 Å². The lowest BCUT2D eigenvalue weighted by Gasteiger charge is -2.35. The quantitative estimate of drug-likeness (QED) is 0.611. The van der Waals surface area contributed by atoms with Gasteiger partial charge in [-0.25, -0.2) is 0 Å². The number of hydrogen-bond acceptors (Lipinski definition) is 4. The zero-order chi connectivity index (χ0) is 13.2. The molecule has 1 fully saturated rings. The third-order valence-electron chi connectivity index (χ3n) is 3.83. The Morgan fingerprint density at radius 3 is 2.56 bits per heavy atom. The Kier molecular flexibility index (Phi) is 8.59. The van der Waals surface area contributed by atoms with Crippen LogP contribution in [-0.4, -0.2) is 62.0 Å². The minimum Gasteiger partial charge on any atom is -0.394 e. The predicted octanol–water partition coefficient (Wildman–Crippen LogP) is 1.24. The Morgan fingerprint density at radius 2 is 1.94 bits per heavy atom. The van der Waals surface area contributed by atoms with Gasteiger partial charge in [-0.05, 0) is 45.7 Å². The monoisotopic (exact) mass is 258 g/mol. The number of nitrogens with one attached hydrogen (secondary N) is 1. The van der Waals surface area contributed by atoms with Gasteiger partial charge in [-0.1, -0.05) is 6.92 Å². The van der Waals surface area contributed by atoms with Crippen molar-refractivity contribution in [1.82, 2.24) is 10.2 Å². The van der Waals surface area contributed by atoms with Crippen molar-refractivity contribution in [2.45, 2.75) is 51.1 Å². The summed E-state index contributed by atoms with van der Waals surface area (Å²) in [6.07, 6.45) is 6.40. The van der Waals surface area contributed by atoms with Gasteiger partial charge in [0.05, 0.1) is 19.8 Å². The van der Waals surface area contributed by atoms with Crippen molar-refractivity contribution in [1.29, 1.82) is 0 Å². The number of rotatable bonds is 9. The summed E-state index contributed by atoms with van der Waals surface area (Å²) in [5.74, 6) is 0. The van der Waals surface area contributed by atoms with Gasteiger partial charge in [-0.2, -0.15) is 0 Å². The third kappa shape index (κ3) is 6.14. The number of hydrogen-bond donors (Lipinski definition) is 2. The molecule has 0 aromatic heterocycles. The number of likely N-dealkylation sites (N-methyl/N-ethyl adjacent to an activating group) is 1. The molecule has 0 atom stereocenters. The van der Waals surface area contributed by atoms with E-state index in [1.807, 2.05) is 0 Å². The van der Waals surface area contributed by atoms with Crippen molar-refractivity contribution in [3.63, 3.8) is 0 Å². The van der Waals surface area contributed by atoms with E-state index in [4.69, 9.17) is 9.84 Å². The molecule has 0 amide bonds. The van der Waals surface area contributed by atoms with Gasteiger partial charge < -0.3 is 20.1 Å². The normalized spacial score (nSPS) is 24.7. The highest BCUT2D eigenvalue weighted by Crippen LogP contribution is 2.22. The van der Waals surface area contributed by atoms with E-state index in [0.29, 0.717) is 12.6 Å². The van der Waals surface area contributed by atoms with Gasteiger partial charge in [0.25, 0.3) is 0 Å². The van der Waals surface area contributed by atoms with Crippen molar-refractivity contribution >= 4 is 0 Å². The molecular formula is C14H30N2O2. The molecule has 0 bridgehead atoms. The van der Waals surface area contributed by atoms with Crippen molar-refractivity contribution < 1.29 is 9.84 Å². The van der Waals surface area contributed by atoms with E-state index < -0.39 is 0 Å². The van der Waals surface area contributed by atoms with E-state index in [9.17, 15) is 0 Å². The van der Waals surface area contributed by atoms with Crippen LogP contribution in [0.25, 0.3) is 0 Å². The molecule has 1 aliphatic rings. The number of aliphatic hydroxyl groups excluding tert-OH is 1. The van der Waals surface area contributed by atoms with Gasteiger partial charge >= 0.3 is 0 Å². The Labute approximate surface area is 112 Å². The van der Waals surface area contributed by atoms with Crippen LogP contribution in [0.2, 0.25) is 0 Å². The summed E-state index contributed by atoms with van der Waals surface area (Å²) in [6.45, 7) is 5.65. The summed E-state index contributed by atoms with van der Waals surface area (Å²) >= 11 is 0. The SMILES string of the molecule is CCCNC1CCC(N(C)CCOCCO)CC1. The zero-order valence-electron chi connectivity index (χ0n) is 12.0. The third-order valence-corrected chi connectivity index (χ3v) is 3.83. The molecule has 0 aromatic rings. The number of ether oxygens (including phenoxy) is 1. The second-order valence-electron chi connectivity index (χ2n) is 5.28. The van der Waals surface area contributed by atoms with Crippen LogP contribution in [0.3, 0.4) is 0 Å². The molecule has 1 saturated carbocycles. The first-order valence-corrected chi connectivity index (χ1v) is 7.40.